The molecule has 126 valence electrons. The van der Waals surface area contributed by atoms with Gasteiger partial charge < -0.3 is 9.84 Å². The molecular weight excluding hydrogens is 325 g/mol. The van der Waals surface area contributed by atoms with Crippen LogP contribution in [0.1, 0.15) is 30.9 Å². The average molecular weight is 338 g/mol. The number of benzene rings is 1. The van der Waals surface area contributed by atoms with Crippen molar-refractivity contribution in [2.24, 2.45) is 4.99 Å². The number of carbonyl (C=O) groups excluding carboxylic acids is 1. The number of hydrogen-bond acceptors (Lipinski definition) is 5. The van der Waals surface area contributed by atoms with Crippen molar-refractivity contribution in [3.8, 4) is 6.07 Å². The van der Waals surface area contributed by atoms with Crippen LogP contribution >= 0.6 is 0 Å². The van der Waals surface area contributed by atoms with Crippen LogP contribution in [0.15, 0.2) is 16.6 Å². The SMILES string of the molecule is CCOC(=O)C(C=NC1CC1)=C(O)c1cc(F)c(F)c(C#N)c1F. The van der Waals surface area contributed by atoms with E-state index in [2.05, 4.69) is 4.99 Å². The van der Waals surface area contributed by atoms with E-state index in [0.717, 1.165) is 19.1 Å². The zero-order chi connectivity index (χ0) is 17.9. The normalized spacial score (nSPS) is 15.1. The van der Waals surface area contributed by atoms with Crippen LogP contribution in [0, 0.1) is 28.8 Å². The van der Waals surface area contributed by atoms with Crippen molar-refractivity contribution in [1.82, 2.24) is 0 Å². The molecular formula is C16H13F3N2O3. The molecule has 5 nitrogen and oxygen atoms in total. The summed E-state index contributed by atoms with van der Waals surface area (Å²) in [6, 6.07) is 1.54. The van der Waals surface area contributed by atoms with E-state index >= 15 is 0 Å². The highest BCUT2D eigenvalue weighted by Gasteiger charge is 2.26. The van der Waals surface area contributed by atoms with E-state index in [-0.39, 0.29) is 12.6 Å². The van der Waals surface area contributed by atoms with Gasteiger partial charge in [0.1, 0.15) is 23.0 Å². The summed E-state index contributed by atoms with van der Waals surface area (Å²) >= 11 is 0. The first kappa shape index (κ1) is 17.5. The highest BCUT2D eigenvalue weighted by Crippen LogP contribution is 2.27. The lowest BCUT2D eigenvalue weighted by atomic mass is 10.0. The van der Waals surface area contributed by atoms with Crippen molar-refractivity contribution in [3.63, 3.8) is 0 Å². The van der Waals surface area contributed by atoms with Gasteiger partial charge >= 0.3 is 5.97 Å². The molecule has 0 spiro atoms. The predicted molar refractivity (Wildman–Crippen MR) is 78.7 cm³/mol. The number of carbonyl (C=O) groups is 1. The molecule has 2 rings (SSSR count). The first-order valence-corrected chi connectivity index (χ1v) is 7.12. The quantitative estimate of drug-likeness (QED) is 0.294. The smallest absolute Gasteiger partial charge is 0.343 e. The fraction of sp³-hybridized carbons (Fsp3) is 0.312. The van der Waals surface area contributed by atoms with Crippen LogP contribution in [-0.2, 0) is 9.53 Å². The number of halogens is 3. The molecule has 24 heavy (non-hydrogen) atoms. The van der Waals surface area contributed by atoms with E-state index in [9.17, 15) is 23.1 Å². The van der Waals surface area contributed by atoms with Gasteiger partial charge in [0.15, 0.2) is 17.5 Å². The maximum Gasteiger partial charge on any atom is 0.343 e. The number of esters is 1. The lowest BCUT2D eigenvalue weighted by Crippen LogP contribution is -2.13. The van der Waals surface area contributed by atoms with E-state index in [1.807, 2.05) is 0 Å². The maximum absolute atomic E-state index is 14.2. The molecule has 1 fully saturated rings. The van der Waals surface area contributed by atoms with Crippen molar-refractivity contribution in [1.29, 1.82) is 5.26 Å². The molecule has 1 aromatic carbocycles. The molecule has 0 atom stereocenters. The highest BCUT2D eigenvalue weighted by atomic mass is 19.2. The fourth-order valence-electron chi connectivity index (χ4n) is 1.84. The molecule has 8 heteroatoms. The topological polar surface area (TPSA) is 82.7 Å². The van der Waals surface area contributed by atoms with E-state index in [4.69, 9.17) is 10.00 Å². The zero-order valence-electron chi connectivity index (χ0n) is 12.6. The Bertz CT molecular complexity index is 778. The van der Waals surface area contributed by atoms with Gasteiger partial charge in [-0.25, -0.2) is 18.0 Å². The molecule has 1 aliphatic carbocycles. The largest absolute Gasteiger partial charge is 0.506 e. The van der Waals surface area contributed by atoms with Crippen LogP contribution < -0.4 is 0 Å². The summed E-state index contributed by atoms with van der Waals surface area (Å²) < 4.78 is 45.8. The second-order valence-electron chi connectivity index (χ2n) is 5.01. The summed E-state index contributed by atoms with van der Waals surface area (Å²) in [5.41, 5.74) is -2.52. The second kappa shape index (κ2) is 7.17. The van der Waals surface area contributed by atoms with Gasteiger partial charge in [-0.05, 0) is 25.8 Å². The zero-order valence-corrected chi connectivity index (χ0v) is 12.6. The Morgan fingerprint density at radius 3 is 2.67 bits per heavy atom. The summed E-state index contributed by atoms with van der Waals surface area (Å²) in [5.74, 6) is -6.66. The van der Waals surface area contributed by atoms with E-state index in [1.54, 1.807) is 0 Å². The fourth-order valence-corrected chi connectivity index (χ4v) is 1.84. The molecule has 1 aliphatic rings. The molecule has 0 unspecified atom stereocenters. The van der Waals surface area contributed by atoms with Gasteiger partial charge in [0, 0.05) is 6.21 Å². The van der Waals surface area contributed by atoms with Crippen molar-refractivity contribution in [2.45, 2.75) is 25.8 Å². The molecule has 0 amide bonds. The van der Waals surface area contributed by atoms with Crippen LogP contribution in [0.25, 0.3) is 5.76 Å². The monoisotopic (exact) mass is 338 g/mol. The first-order valence-electron chi connectivity index (χ1n) is 7.12. The third-order valence-corrected chi connectivity index (χ3v) is 3.23. The van der Waals surface area contributed by atoms with Gasteiger partial charge in [0.25, 0.3) is 0 Å². The minimum Gasteiger partial charge on any atom is -0.506 e. The standard InChI is InChI=1S/C16H13F3N2O3/c1-2-24-16(23)11(7-21-8-3-4-8)15(22)9-5-12(17)14(19)10(6-20)13(9)18/h5,7-8,22H,2-4H2,1H3. The third-order valence-electron chi connectivity index (χ3n) is 3.23. The summed E-state index contributed by atoms with van der Waals surface area (Å²) in [5, 5.41) is 18.9. The van der Waals surface area contributed by atoms with E-state index in [0.29, 0.717) is 6.07 Å². The van der Waals surface area contributed by atoms with Gasteiger partial charge in [-0.15, -0.1) is 0 Å². The van der Waals surface area contributed by atoms with Crippen LogP contribution in [0.2, 0.25) is 0 Å². The van der Waals surface area contributed by atoms with Crippen molar-refractivity contribution in [2.75, 3.05) is 6.61 Å². The van der Waals surface area contributed by atoms with Crippen molar-refractivity contribution >= 4 is 17.9 Å². The summed E-state index contributed by atoms with van der Waals surface area (Å²) in [7, 11) is 0. The number of nitrogens with zero attached hydrogens (tertiary/aromatic N) is 2. The lowest BCUT2D eigenvalue weighted by Gasteiger charge is -2.09. The van der Waals surface area contributed by atoms with E-state index in [1.165, 1.54) is 13.0 Å². The molecule has 0 aromatic heterocycles. The second-order valence-corrected chi connectivity index (χ2v) is 5.01. The number of ether oxygens (including phenoxy) is 1. The number of nitriles is 1. The molecule has 0 saturated heterocycles. The summed E-state index contributed by atoms with van der Waals surface area (Å²) in [6.45, 7) is 1.51. The first-order chi connectivity index (χ1) is 11.4. The maximum atomic E-state index is 14.2. The van der Waals surface area contributed by atoms with Crippen molar-refractivity contribution < 1.29 is 27.8 Å². The van der Waals surface area contributed by atoms with Crippen LogP contribution in [0.3, 0.4) is 0 Å². The minimum atomic E-state index is -1.67. The Labute approximate surface area is 135 Å². The molecule has 1 N–H and O–H groups in total. The molecule has 0 bridgehead atoms. The Balaban J connectivity index is 2.60. The Kier molecular flexibility index (Phi) is 5.24. The highest BCUT2D eigenvalue weighted by molar-refractivity contribution is 6.15. The van der Waals surface area contributed by atoms with Gasteiger partial charge in [-0.2, -0.15) is 5.26 Å². The number of rotatable bonds is 5. The van der Waals surface area contributed by atoms with Gasteiger partial charge in [-0.3, -0.25) is 4.99 Å². The molecule has 0 aliphatic heterocycles. The lowest BCUT2D eigenvalue weighted by molar-refractivity contribution is -0.137. The molecule has 0 radical (unpaired) electrons. The van der Waals surface area contributed by atoms with Crippen LogP contribution in [0.4, 0.5) is 13.2 Å². The van der Waals surface area contributed by atoms with E-state index < -0.39 is 45.9 Å². The molecule has 1 aromatic rings. The average Bonchev–Trinajstić information content (AvgIpc) is 3.36. The Hall–Kier alpha value is -2.82. The van der Waals surface area contributed by atoms with Gasteiger partial charge in [0.2, 0.25) is 0 Å². The third kappa shape index (κ3) is 3.56. The van der Waals surface area contributed by atoms with Crippen molar-refractivity contribution in [3.05, 3.63) is 40.2 Å². The predicted octanol–water partition coefficient (Wildman–Crippen LogP) is 3.04. The number of hydrogen-bond donors (Lipinski definition) is 1. The van der Waals surface area contributed by atoms with Crippen LogP contribution in [-0.4, -0.2) is 29.9 Å². The van der Waals surface area contributed by atoms with Gasteiger partial charge in [0.05, 0.1) is 18.2 Å². The number of aliphatic imine (C=N–C) groups is 1. The molecule has 1 saturated carbocycles. The Morgan fingerprint density at radius 1 is 1.46 bits per heavy atom. The minimum absolute atomic E-state index is 0.00769. The Morgan fingerprint density at radius 2 is 2.12 bits per heavy atom. The van der Waals surface area contributed by atoms with Crippen LogP contribution in [0.5, 0.6) is 0 Å². The number of aliphatic hydroxyl groups is 1. The summed E-state index contributed by atoms with van der Waals surface area (Å²) in [4.78, 5) is 15.9. The van der Waals surface area contributed by atoms with Gasteiger partial charge in [-0.1, -0.05) is 0 Å². The summed E-state index contributed by atoms with van der Waals surface area (Å²) in [6.07, 6.45) is 2.63. The molecule has 0 heterocycles. The number of aliphatic hydroxyl groups excluding tert-OH is 1.